The Balaban J connectivity index is 1.68. The largest absolute Gasteiger partial charge is 0.481 e. The minimum Gasteiger partial charge on any atom is -0.481 e. The Morgan fingerprint density at radius 1 is 0.729 bits per heavy atom. The van der Waals surface area contributed by atoms with Crippen molar-refractivity contribution in [1.82, 2.24) is 4.90 Å². The van der Waals surface area contributed by atoms with E-state index >= 15 is 0 Å². The summed E-state index contributed by atoms with van der Waals surface area (Å²) in [6.07, 6.45) is 16.9. The van der Waals surface area contributed by atoms with Crippen LogP contribution in [0.1, 0.15) is 152 Å². The van der Waals surface area contributed by atoms with Crippen LogP contribution in [-0.2, 0) is 25.7 Å². The van der Waals surface area contributed by atoms with Gasteiger partial charge < -0.3 is 29.9 Å². The lowest BCUT2D eigenvalue weighted by Gasteiger charge is -2.38. The van der Waals surface area contributed by atoms with E-state index in [0.29, 0.717) is 18.5 Å². The minimum atomic E-state index is -0.840. The second-order valence-corrected chi connectivity index (χ2v) is 13.5. The molecule has 48 heavy (non-hydrogen) atoms. The van der Waals surface area contributed by atoms with Crippen LogP contribution in [0.25, 0.3) is 0 Å². The molecular weight excluding hydrogens is 604 g/mol. The number of unbranched alkanes of at least 4 members (excludes halogenated alkanes) is 11. The van der Waals surface area contributed by atoms with Crippen LogP contribution >= 0.6 is 0 Å². The monoisotopic (exact) mass is 666 g/mol. The molecule has 8 nitrogen and oxygen atoms in total. The first kappa shape index (κ1) is 39.7. The first-order valence-electron chi connectivity index (χ1n) is 18.8. The van der Waals surface area contributed by atoms with Gasteiger partial charge in [0.15, 0.2) is 6.29 Å². The van der Waals surface area contributed by atoms with E-state index in [0.717, 1.165) is 42.7 Å². The normalized spacial score (nSPS) is 17.9. The van der Waals surface area contributed by atoms with Crippen LogP contribution in [0.4, 0.5) is 5.69 Å². The van der Waals surface area contributed by atoms with Crippen LogP contribution in [-0.4, -0.2) is 52.7 Å². The lowest BCUT2D eigenvalue weighted by molar-refractivity contribution is -0.253. The number of carbonyl (C=O) groups excluding carboxylic acids is 1. The van der Waals surface area contributed by atoms with Crippen molar-refractivity contribution in [1.29, 1.82) is 0 Å². The zero-order valence-electron chi connectivity index (χ0n) is 29.7. The summed E-state index contributed by atoms with van der Waals surface area (Å²) in [5.74, 6) is -0.964. The molecule has 268 valence electrons. The fourth-order valence-electron chi connectivity index (χ4n) is 6.36. The van der Waals surface area contributed by atoms with Gasteiger partial charge in [0, 0.05) is 37.1 Å². The number of amides is 1. The molecule has 8 heteroatoms. The predicted octanol–water partition coefficient (Wildman–Crippen LogP) is 9.33. The molecule has 3 N–H and O–H groups in total. The second kappa shape index (κ2) is 23.6. The van der Waals surface area contributed by atoms with E-state index in [2.05, 4.69) is 36.2 Å². The maximum atomic E-state index is 12.4. The Labute approximate surface area is 289 Å². The molecule has 1 fully saturated rings. The Morgan fingerprint density at radius 2 is 1.29 bits per heavy atom. The molecule has 2 aromatic carbocycles. The number of hydrogen-bond donors (Lipinski definition) is 3. The van der Waals surface area contributed by atoms with E-state index in [1.165, 1.54) is 77.0 Å². The average molecular weight is 667 g/mol. The molecule has 1 heterocycles. The first-order chi connectivity index (χ1) is 23.4. The van der Waals surface area contributed by atoms with E-state index in [9.17, 15) is 14.7 Å². The van der Waals surface area contributed by atoms with Crippen LogP contribution in [0, 0.1) is 0 Å². The molecule has 1 aliphatic heterocycles. The Hall–Kier alpha value is -2.78. The number of nitrogens with one attached hydrogen (secondary N) is 1. The Kier molecular flexibility index (Phi) is 19.5. The number of hydrogen-bond acceptors (Lipinski definition) is 6. The van der Waals surface area contributed by atoms with Crippen molar-refractivity contribution in [3.63, 3.8) is 0 Å². The van der Waals surface area contributed by atoms with Gasteiger partial charge in [-0.2, -0.15) is 0 Å². The first-order valence-corrected chi connectivity index (χ1v) is 18.8. The molecule has 1 amide bonds. The highest BCUT2D eigenvalue weighted by Gasteiger charge is 2.33. The standard InChI is InChI=1S/C40H62N2O6/c1-3-5-7-9-11-15-27-42(28-16-12-10-8-6-4-2)30-36-29-37(33-21-19-32(31-43)20-22-33)48-40(47-36)34-23-25-35(26-24-34)41-38(44)17-13-14-18-39(45)46/h19-26,36-37,40,43H,3-18,27-31H2,1-2H3,(H,41,44)(H,45,46)/t36-,37+,40+/m0/s1. The van der Waals surface area contributed by atoms with E-state index < -0.39 is 12.3 Å². The predicted molar refractivity (Wildman–Crippen MR) is 193 cm³/mol. The molecule has 0 radical (unpaired) electrons. The van der Waals surface area contributed by atoms with Crippen molar-refractivity contribution < 1.29 is 29.3 Å². The van der Waals surface area contributed by atoms with Crippen LogP contribution in [0.5, 0.6) is 0 Å². The third kappa shape index (κ3) is 15.6. The van der Waals surface area contributed by atoms with Crippen molar-refractivity contribution in [3.8, 4) is 0 Å². The summed E-state index contributed by atoms with van der Waals surface area (Å²) in [5.41, 5.74) is 3.54. The summed E-state index contributed by atoms with van der Waals surface area (Å²) in [4.78, 5) is 25.7. The minimum absolute atomic E-state index is 0.00312. The van der Waals surface area contributed by atoms with E-state index in [4.69, 9.17) is 14.6 Å². The molecule has 3 atom stereocenters. The Bertz CT molecular complexity index is 1140. The second-order valence-electron chi connectivity index (χ2n) is 13.5. The zero-order chi connectivity index (χ0) is 34.4. The van der Waals surface area contributed by atoms with E-state index in [-0.39, 0.29) is 37.6 Å². The third-order valence-electron chi connectivity index (χ3n) is 9.24. The van der Waals surface area contributed by atoms with Gasteiger partial charge in [-0.15, -0.1) is 0 Å². The number of rotatable bonds is 25. The molecule has 3 rings (SSSR count). The summed E-state index contributed by atoms with van der Waals surface area (Å²) >= 11 is 0. The van der Waals surface area contributed by atoms with Gasteiger partial charge in [-0.1, -0.05) is 114 Å². The highest BCUT2D eigenvalue weighted by Crippen LogP contribution is 2.38. The number of carboxylic acid groups (broad SMARTS) is 1. The molecular formula is C40H62N2O6. The van der Waals surface area contributed by atoms with Gasteiger partial charge in [-0.25, -0.2) is 0 Å². The van der Waals surface area contributed by atoms with Gasteiger partial charge in [-0.05, 0) is 62.0 Å². The number of anilines is 1. The summed E-state index contributed by atoms with van der Waals surface area (Å²) in [5, 5.41) is 21.3. The molecule has 0 saturated carbocycles. The van der Waals surface area contributed by atoms with Gasteiger partial charge in [0.25, 0.3) is 0 Å². The van der Waals surface area contributed by atoms with Crippen molar-refractivity contribution in [2.45, 2.75) is 148 Å². The molecule has 1 saturated heterocycles. The fraction of sp³-hybridized carbons (Fsp3) is 0.650. The smallest absolute Gasteiger partial charge is 0.303 e. The molecule has 0 aromatic heterocycles. The summed E-state index contributed by atoms with van der Waals surface area (Å²) in [6, 6.07) is 15.7. The molecule has 1 aliphatic rings. The molecule has 0 unspecified atom stereocenters. The van der Waals surface area contributed by atoms with Gasteiger partial charge in [0.05, 0.1) is 18.8 Å². The lowest BCUT2D eigenvalue weighted by atomic mass is 9.99. The molecule has 2 aromatic rings. The topological polar surface area (TPSA) is 108 Å². The molecule has 0 aliphatic carbocycles. The van der Waals surface area contributed by atoms with Crippen molar-refractivity contribution in [3.05, 3.63) is 65.2 Å². The van der Waals surface area contributed by atoms with Crippen LogP contribution in [0.3, 0.4) is 0 Å². The number of carboxylic acids is 1. The van der Waals surface area contributed by atoms with Gasteiger partial charge in [0.2, 0.25) is 5.91 Å². The summed E-state index contributed by atoms with van der Waals surface area (Å²) < 4.78 is 13.3. The van der Waals surface area contributed by atoms with Gasteiger partial charge in [-0.3, -0.25) is 9.59 Å². The summed E-state index contributed by atoms with van der Waals surface area (Å²) in [7, 11) is 0. The molecule has 0 bridgehead atoms. The SMILES string of the molecule is CCCCCCCCN(CCCCCCCC)C[C@@H]1C[C@H](c2ccc(CO)cc2)O[C@H](c2ccc(NC(=O)CCCCC(=O)O)cc2)O1. The zero-order valence-corrected chi connectivity index (χ0v) is 29.7. The number of carbonyl (C=O) groups is 2. The van der Waals surface area contributed by atoms with Crippen molar-refractivity contribution in [2.75, 3.05) is 25.0 Å². The van der Waals surface area contributed by atoms with E-state index in [1.807, 2.05) is 36.4 Å². The fourth-order valence-corrected chi connectivity index (χ4v) is 6.36. The quantitative estimate of drug-likeness (QED) is 0.0907. The lowest BCUT2D eigenvalue weighted by Crippen LogP contribution is -2.40. The number of nitrogens with zero attached hydrogens (tertiary/aromatic N) is 1. The molecule has 0 spiro atoms. The number of benzene rings is 2. The number of aliphatic hydroxyl groups excluding tert-OH is 1. The van der Waals surface area contributed by atoms with E-state index in [1.54, 1.807) is 0 Å². The number of aliphatic carboxylic acids is 1. The van der Waals surface area contributed by atoms with Crippen molar-refractivity contribution in [2.24, 2.45) is 0 Å². The maximum Gasteiger partial charge on any atom is 0.303 e. The van der Waals surface area contributed by atoms with Crippen LogP contribution < -0.4 is 5.32 Å². The van der Waals surface area contributed by atoms with Gasteiger partial charge in [0.1, 0.15) is 0 Å². The van der Waals surface area contributed by atoms with Crippen LogP contribution in [0.15, 0.2) is 48.5 Å². The third-order valence-corrected chi connectivity index (χ3v) is 9.24. The number of ether oxygens (including phenoxy) is 2. The highest BCUT2D eigenvalue weighted by molar-refractivity contribution is 5.90. The van der Waals surface area contributed by atoms with Gasteiger partial charge >= 0.3 is 5.97 Å². The maximum absolute atomic E-state index is 12.4. The number of aliphatic hydroxyl groups is 1. The van der Waals surface area contributed by atoms with Crippen LogP contribution in [0.2, 0.25) is 0 Å². The summed E-state index contributed by atoms with van der Waals surface area (Å²) in [6.45, 7) is 7.58. The Morgan fingerprint density at radius 3 is 1.88 bits per heavy atom. The average Bonchev–Trinajstić information content (AvgIpc) is 3.09. The highest BCUT2D eigenvalue weighted by atomic mass is 16.7. The van der Waals surface area contributed by atoms with Crippen molar-refractivity contribution >= 4 is 17.6 Å².